The zero-order valence-corrected chi connectivity index (χ0v) is 35.1. The number of para-hydroxylation sites is 1. The van der Waals surface area contributed by atoms with Gasteiger partial charge in [-0.1, -0.05) is 67.4 Å². The van der Waals surface area contributed by atoms with E-state index in [1.54, 1.807) is 0 Å². The number of carbonyl (C=O) groups excluding carboxylic acids is 2. The topological polar surface area (TPSA) is 118 Å². The van der Waals surface area contributed by atoms with Crippen LogP contribution in [-0.2, 0) is 42.5 Å². The lowest BCUT2D eigenvalue weighted by molar-refractivity contribution is 0.0507. The Hall–Kier alpha value is -5.97. The van der Waals surface area contributed by atoms with Crippen molar-refractivity contribution in [2.75, 3.05) is 31.6 Å². The van der Waals surface area contributed by atoms with Crippen molar-refractivity contribution in [2.45, 2.75) is 91.4 Å². The minimum absolute atomic E-state index is 0.274. The van der Waals surface area contributed by atoms with Gasteiger partial charge in [0.25, 0.3) is 0 Å². The van der Waals surface area contributed by atoms with Gasteiger partial charge in [0.1, 0.15) is 35.1 Å². The fourth-order valence-corrected chi connectivity index (χ4v) is 8.08. The zero-order valence-electron chi connectivity index (χ0n) is 35.1. The molecule has 0 spiro atoms. The molecule has 0 fully saturated rings. The van der Waals surface area contributed by atoms with Crippen molar-refractivity contribution in [3.05, 3.63) is 108 Å². The molecular weight excluding hydrogens is 743 g/mol. The summed E-state index contributed by atoms with van der Waals surface area (Å²) in [6.45, 7) is 10.2. The number of alkyl carbamates (subject to hydrolysis) is 1. The van der Waals surface area contributed by atoms with E-state index in [0.717, 1.165) is 105 Å². The summed E-state index contributed by atoms with van der Waals surface area (Å²) in [4.78, 5) is 26.0. The molecule has 0 aliphatic carbocycles. The van der Waals surface area contributed by atoms with Gasteiger partial charge in [-0.15, -0.1) is 0 Å². The molecule has 0 unspecified atom stereocenters. The number of esters is 1. The second-order valence-corrected chi connectivity index (χ2v) is 16.1. The molecule has 7 rings (SSSR count). The number of carbonyl (C=O) groups is 2. The van der Waals surface area contributed by atoms with Gasteiger partial charge in [-0.05, 0) is 101 Å². The Bertz CT molecular complexity index is 2380. The predicted octanol–water partition coefficient (Wildman–Crippen LogP) is 10.0. The second kappa shape index (κ2) is 18.7. The SMILES string of the molecule is CCOC(=O)c1c(CCCOc2cccc3ccccc23)c2cccc3c2n1CCCCCCc1c-3c(COc2ccc(NCCNC(=O)OC(C)(C)C)cc2)nn1C. The van der Waals surface area contributed by atoms with E-state index in [1.165, 1.54) is 0 Å². The number of rotatable bonds is 14. The van der Waals surface area contributed by atoms with Crippen molar-refractivity contribution in [3.8, 4) is 22.6 Å². The summed E-state index contributed by atoms with van der Waals surface area (Å²) in [5, 5.41) is 14.4. The average Bonchev–Trinajstić information content (AvgIpc) is 3.70. The number of hydrogen-bond donors (Lipinski definition) is 2. The smallest absolute Gasteiger partial charge is 0.407 e. The first-order valence-electron chi connectivity index (χ1n) is 21.0. The van der Waals surface area contributed by atoms with E-state index in [0.29, 0.717) is 45.0 Å². The monoisotopic (exact) mass is 799 g/mol. The number of benzene rings is 4. The Morgan fingerprint density at radius 1 is 0.847 bits per heavy atom. The Morgan fingerprint density at radius 3 is 2.42 bits per heavy atom. The molecule has 2 aromatic heterocycles. The van der Waals surface area contributed by atoms with Gasteiger partial charge in [-0.25, -0.2) is 9.59 Å². The van der Waals surface area contributed by atoms with Crippen LogP contribution in [-0.4, -0.2) is 58.3 Å². The van der Waals surface area contributed by atoms with Crippen molar-refractivity contribution in [1.82, 2.24) is 19.7 Å². The average molecular weight is 800 g/mol. The quantitative estimate of drug-likeness (QED) is 0.0826. The number of nitrogens with zero attached hydrogens (tertiary/aromatic N) is 3. The Balaban J connectivity index is 1.15. The maximum absolute atomic E-state index is 14.0. The summed E-state index contributed by atoms with van der Waals surface area (Å²) in [6, 6.07) is 28.6. The summed E-state index contributed by atoms with van der Waals surface area (Å²) < 4.78 is 28.1. The van der Waals surface area contributed by atoms with Crippen LogP contribution in [0.15, 0.2) is 84.9 Å². The number of aromatic nitrogens is 3. The lowest BCUT2D eigenvalue weighted by Gasteiger charge is -2.19. The molecule has 1 amide bonds. The molecule has 0 saturated carbocycles. The van der Waals surface area contributed by atoms with E-state index >= 15 is 0 Å². The molecule has 310 valence electrons. The Labute approximate surface area is 347 Å². The molecule has 59 heavy (non-hydrogen) atoms. The molecule has 11 nitrogen and oxygen atoms in total. The lowest BCUT2D eigenvalue weighted by Crippen LogP contribution is -2.34. The molecule has 4 aromatic carbocycles. The van der Waals surface area contributed by atoms with E-state index < -0.39 is 11.7 Å². The number of nitrogens with one attached hydrogen (secondary N) is 2. The highest BCUT2D eigenvalue weighted by Gasteiger charge is 2.29. The highest BCUT2D eigenvalue weighted by atomic mass is 16.6. The van der Waals surface area contributed by atoms with E-state index in [1.807, 2.05) is 88.0 Å². The van der Waals surface area contributed by atoms with Crippen LogP contribution >= 0.6 is 0 Å². The van der Waals surface area contributed by atoms with Crippen molar-refractivity contribution >= 4 is 39.4 Å². The molecule has 1 aliphatic rings. The van der Waals surface area contributed by atoms with E-state index in [9.17, 15) is 9.59 Å². The summed E-state index contributed by atoms with van der Waals surface area (Å²) >= 11 is 0. The maximum atomic E-state index is 14.0. The fraction of sp³-hybridized carbons (Fsp3) is 0.396. The lowest BCUT2D eigenvalue weighted by atomic mass is 9.96. The second-order valence-electron chi connectivity index (χ2n) is 16.1. The number of anilines is 1. The van der Waals surface area contributed by atoms with Crippen LogP contribution in [0, 0.1) is 0 Å². The third kappa shape index (κ3) is 9.84. The van der Waals surface area contributed by atoms with Crippen LogP contribution in [0.2, 0.25) is 0 Å². The van der Waals surface area contributed by atoms with Gasteiger partial charge < -0.3 is 34.1 Å². The fourth-order valence-electron chi connectivity index (χ4n) is 8.08. The van der Waals surface area contributed by atoms with Gasteiger partial charge >= 0.3 is 12.1 Å². The van der Waals surface area contributed by atoms with Crippen LogP contribution < -0.4 is 20.1 Å². The van der Waals surface area contributed by atoms with Gasteiger partial charge in [0.15, 0.2) is 0 Å². The first kappa shape index (κ1) is 41.2. The molecule has 0 bridgehead atoms. The standard InChI is InChI=1S/C48H57N5O6/c1-6-56-46(54)45-38(21-15-31-57-42-23-13-17-33-16-10-11-18-36(33)42)37-19-14-20-39-43-40(51-52(5)41(43)22-9-7-8-12-30-53(45)44(37)39)32-58-35-26-24-34(25-27-35)49-28-29-50-47(55)59-48(2,3)4/h10-11,13-14,16-20,23-27,49H,6-9,12,15,21-22,28-32H2,1-5H3,(H,50,55). The van der Waals surface area contributed by atoms with Crippen molar-refractivity contribution in [2.24, 2.45) is 7.05 Å². The van der Waals surface area contributed by atoms with Gasteiger partial charge in [0.05, 0.1) is 18.7 Å². The first-order chi connectivity index (χ1) is 28.6. The summed E-state index contributed by atoms with van der Waals surface area (Å²) in [5.74, 6) is 1.29. The van der Waals surface area contributed by atoms with Gasteiger partial charge in [0.2, 0.25) is 0 Å². The third-order valence-electron chi connectivity index (χ3n) is 10.6. The number of amides is 1. The molecule has 0 radical (unpaired) electrons. The van der Waals surface area contributed by atoms with Crippen LogP contribution in [0.4, 0.5) is 10.5 Å². The molecule has 11 heteroatoms. The minimum atomic E-state index is -0.538. The van der Waals surface area contributed by atoms with E-state index in [4.69, 9.17) is 24.0 Å². The molecule has 3 heterocycles. The number of aryl methyl sites for hydroxylation is 3. The molecular formula is C48H57N5O6. The van der Waals surface area contributed by atoms with E-state index in [-0.39, 0.29) is 12.6 Å². The van der Waals surface area contributed by atoms with Crippen molar-refractivity contribution in [1.29, 1.82) is 0 Å². The summed E-state index contributed by atoms with van der Waals surface area (Å²) in [5.41, 5.74) is 7.17. The Morgan fingerprint density at radius 2 is 1.61 bits per heavy atom. The van der Waals surface area contributed by atoms with Crippen LogP contribution in [0.1, 0.15) is 87.2 Å². The van der Waals surface area contributed by atoms with Crippen molar-refractivity contribution < 1.29 is 28.5 Å². The zero-order chi connectivity index (χ0) is 41.4. The van der Waals surface area contributed by atoms with Crippen LogP contribution in [0.25, 0.3) is 32.8 Å². The minimum Gasteiger partial charge on any atom is -0.493 e. The van der Waals surface area contributed by atoms with Crippen molar-refractivity contribution in [3.63, 3.8) is 0 Å². The van der Waals surface area contributed by atoms with Gasteiger partial charge in [-0.3, -0.25) is 4.68 Å². The number of ether oxygens (including phenoxy) is 4. The largest absolute Gasteiger partial charge is 0.493 e. The highest BCUT2D eigenvalue weighted by molar-refractivity contribution is 6.05. The molecule has 0 atom stereocenters. The van der Waals surface area contributed by atoms with E-state index in [2.05, 4.69) is 51.6 Å². The Kier molecular flexibility index (Phi) is 13.1. The number of fused-ring (bicyclic) bond motifs is 3. The predicted molar refractivity (Wildman–Crippen MR) is 234 cm³/mol. The molecule has 0 saturated heterocycles. The molecule has 6 aromatic rings. The summed E-state index contributed by atoms with van der Waals surface area (Å²) in [7, 11) is 2.02. The summed E-state index contributed by atoms with van der Waals surface area (Å²) in [6.07, 6.45) is 6.00. The van der Waals surface area contributed by atoms with Crippen LogP contribution in [0.5, 0.6) is 11.5 Å². The maximum Gasteiger partial charge on any atom is 0.407 e. The first-order valence-corrected chi connectivity index (χ1v) is 21.0. The highest BCUT2D eigenvalue weighted by Crippen LogP contribution is 2.40. The third-order valence-corrected chi connectivity index (χ3v) is 10.6. The molecule has 2 N–H and O–H groups in total. The normalized spacial score (nSPS) is 13.0. The molecule has 1 aliphatic heterocycles. The van der Waals surface area contributed by atoms with Crippen LogP contribution in [0.3, 0.4) is 0 Å². The number of hydrogen-bond acceptors (Lipinski definition) is 8. The van der Waals surface area contributed by atoms with Gasteiger partial charge in [-0.2, -0.15) is 5.10 Å². The van der Waals surface area contributed by atoms with Gasteiger partial charge in [0, 0.05) is 60.0 Å².